The van der Waals surface area contributed by atoms with Gasteiger partial charge < -0.3 is 10.0 Å². The molecule has 1 fully saturated rings. The molecule has 0 saturated carbocycles. The predicted octanol–water partition coefficient (Wildman–Crippen LogP) is 1.24. The van der Waals surface area contributed by atoms with E-state index in [1.807, 2.05) is 4.90 Å². The third-order valence-corrected chi connectivity index (χ3v) is 5.58. The molecule has 1 aliphatic rings. The van der Waals surface area contributed by atoms with Crippen LogP contribution in [0.2, 0.25) is 0 Å². The lowest BCUT2D eigenvalue weighted by Gasteiger charge is -2.32. The molecule has 0 amide bonds. The zero-order chi connectivity index (χ0) is 15.6. The van der Waals surface area contributed by atoms with Crippen molar-refractivity contribution in [3.63, 3.8) is 0 Å². The number of sulfonamides is 1. The Morgan fingerprint density at radius 3 is 2.43 bits per heavy atom. The lowest BCUT2D eigenvalue weighted by Crippen LogP contribution is -2.38. The van der Waals surface area contributed by atoms with Gasteiger partial charge in [0.2, 0.25) is 10.0 Å². The summed E-state index contributed by atoms with van der Waals surface area (Å²) in [6.07, 6.45) is 1.52. The van der Waals surface area contributed by atoms with Gasteiger partial charge in [0.1, 0.15) is 0 Å². The summed E-state index contributed by atoms with van der Waals surface area (Å²) in [4.78, 5) is 13.3. The van der Waals surface area contributed by atoms with Crippen molar-refractivity contribution in [2.24, 2.45) is 5.92 Å². The highest BCUT2D eigenvalue weighted by Crippen LogP contribution is 2.25. The Balaban J connectivity index is 2.18. The zero-order valence-corrected chi connectivity index (χ0v) is 13.0. The van der Waals surface area contributed by atoms with Gasteiger partial charge in [0.15, 0.2) is 0 Å². The molecule has 21 heavy (non-hydrogen) atoms. The Morgan fingerprint density at radius 2 is 1.90 bits per heavy atom. The summed E-state index contributed by atoms with van der Waals surface area (Å²) in [5.74, 6) is -1.13. The Bertz CT molecular complexity index is 610. The van der Waals surface area contributed by atoms with Crippen LogP contribution in [-0.2, 0) is 14.8 Å². The Kier molecular flexibility index (Phi) is 4.53. The molecule has 0 spiro atoms. The lowest BCUT2D eigenvalue weighted by atomic mass is 9.98. The van der Waals surface area contributed by atoms with E-state index in [9.17, 15) is 13.2 Å². The van der Waals surface area contributed by atoms with Gasteiger partial charge in [0.05, 0.1) is 10.8 Å². The van der Waals surface area contributed by atoms with Crippen LogP contribution in [0.15, 0.2) is 29.2 Å². The van der Waals surface area contributed by atoms with Gasteiger partial charge in [-0.3, -0.25) is 4.79 Å². The average Bonchev–Trinajstić information content (AvgIpc) is 2.47. The van der Waals surface area contributed by atoms with Gasteiger partial charge in [-0.05, 0) is 37.1 Å². The molecule has 0 aromatic heterocycles. The normalized spacial score (nSPS) is 19.8. The summed E-state index contributed by atoms with van der Waals surface area (Å²) in [6, 6.07) is 6.60. The summed E-state index contributed by atoms with van der Waals surface area (Å²) < 4.78 is 25.2. The molecule has 0 radical (unpaired) electrons. The minimum Gasteiger partial charge on any atom is -0.481 e. The van der Waals surface area contributed by atoms with Gasteiger partial charge in [0.25, 0.3) is 0 Å². The fraction of sp³-hybridized carbons (Fsp3) is 0.500. The molecule has 1 saturated heterocycles. The van der Waals surface area contributed by atoms with Crippen LogP contribution in [0.1, 0.15) is 12.8 Å². The number of nitrogens with zero attached hydrogens (tertiary/aromatic N) is 2. The third-order valence-electron chi connectivity index (χ3n) is 3.75. The number of anilines is 1. The molecule has 0 aliphatic carbocycles. The quantitative estimate of drug-likeness (QED) is 0.905. The van der Waals surface area contributed by atoms with Crippen molar-refractivity contribution in [3.05, 3.63) is 24.3 Å². The maximum absolute atomic E-state index is 12.0. The summed E-state index contributed by atoms with van der Waals surface area (Å²) >= 11 is 0. The first-order chi connectivity index (χ1) is 9.82. The number of hydrogen-bond donors (Lipinski definition) is 1. The van der Waals surface area contributed by atoms with Crippen LogP contribution in [0.4, 0.5) is 5.69 Å². The SMILES string of the molecule is CN(C)S(=O)(=O)c1ccc(N2CCCC(C(=O)O)C2)cc1. The van der Waals surface area contributed by atoms with E-state index in [2.05, 4.69) is 0 Å². The van der Waals surface area contributed by atoms with E-state index in [0.717, 1.165) is 18.7 Å². The van der Waals surface area contributed by atoms with E-state index < -0.39 is 16.0 Å². The highest BCUT2D eigenvalue weighted by Gasteiger charge is 2.26. The predicted molar refractivity (Wildman–Crippen MR) is 79.9 cm³/mol. The number of rotatable bonds is 4. The minimum atomic E-state index is -3.43. The van der Waals surface area contributed by atoms with E-state index in [4.69, 9.17) is 5.11 Å². The third kappa shape index (κ3) is 3.36. The first-order valence-electron chi connectivity index (χ1n) is 6.82. The van der Waals surface area contributed by atoms with E-state index in [-0.39, 0.29) is 10.8 Å². The largest absolute Gasteiger partial charge is 0.481 e. The fourth-order valence-corrected chi connectivity index (χ4v) is 3.35. The number of hydrogen-bond acceptors (Lipinski definition) is 4. The van der Waals surface area contributed by atoms with E-state index >= 15 is 0 Å². The minimum absolute atomic E-state index is 0.239. The van der Waals surface area contributed by atoms with Gasteiger partial charge in [-0.15, -0.1) is 0 Å². The first-order valence-corrected chi connectivity index (χ1v) is 8.26. The molecule has 2 rings (SSSR count). The second kappa shape index (κ2) is 6.03. The number of carboxylic acid groups (broad SMARTS) is 1. The standard InChI is InChI=1S/C14H20N2O4S/c1-15(2)21(19,20)13-7-5-12(6-8-13)16-9-3-4-11(10-16)14(17)18/h5-8,11H,3-4,9-10H2,1-2H3,(H,17,18). The highest BCUT2D eigenvalue weighted by molar-refractivity contribution is 7.89. The Morgan fingerprint density at radius 1 is 1.29 bits per heavy atom. The van der Waals surface area contributed by atoms with Crippen molar-refractivity contribution in [2.75, 3.05) is 32.1 Å². The number of benzene rings is 1. The number of carboxylic acids is 1. The maximum atomic E-state index is 12.0. The van der Waals surface area contributed by atoms with Crippen molar-refractivity contribution in [1.29, 1.82) is 0 Å². The summed E-state index contributed by atoms with van der Waals surface area (Å²) in [5.41, 5.74) is 0.860. The molecular formula is C14H20N2O4S. The van der Waals surface area contributed by atoms with Gasteiger partial charge in [-0.2, -0.15) is 0 Å². The maximum Gasteiger partial charge on any atom is 0.308 e. The number of piperidine rings is 1. The van der Waals surface area contributed by atoms with Crippen LogP contribution in [0.5, 0.6) is 0 Å². The van der Waals surface area contributed by atoms with Crippen LogP contribution in [0.3, 0.4) is 0 Å². The molecule has 0 bridgehead atoms. The van der Waals surface area contributed by atoms with Gasteiger partial charge in [0, 0.05) is 32.9 Å². The molecule has 1 N–H and O–H groups in total. The zero-order valence-electron chi connectivity index (χ0n) is 12.2. The topological polar surface area (TPSA) is 77.9 Å². The second-order valence-electron chi connectivity index (χ2n) is 5.40. The van der Waals surface area contributed by atoms with Crippen LogP contribution in [0.25, 0.3) is 0 Å². The van der Waals surface area contributed by atoms with Gasteiger partial charge in [-0.25, -0.2) is 12.7 Å². The monoisotopic (exact) mass is 312 g/mol. The molecule has 1 aromatic rings. The van der Waals surface area contributed by atoms with Crippen molar-refractivity contribution in [3.8, 4) is 0 Å². The molecule has 1 unspecified atom stereocenters. The first kappa shape index (κ1) is 15.8. The van der Waals surface area contributed by atoms with Crippen molar-refractivity contribution in [2.45, 2.75) is 17.7 Å². The molecule has 116 valence electrons. The molecule has 1 aromatic carbocycles. The fourth-order valence-electron chi connectivity index (χ4n) is 2.45. The van der Waals surface area contributed by atoms with Gasteiger partial charge in [-0.1, -0.05) is 0 Å². The Labute approximate surface area is 125 Å². The summed E-state index contributed by atoms with van der Waals surface area (Å²) in [7, 11) is -0.445. The van der Waals surface area contributed by atoms with E-state index in [1.165, 1.54) is 18.4 Å². The molecule has 7 heteroatoms. The summed E-state index contributed by atoms with van der Waals surface area (Å²) in [5, 5.41) is 9.10. The molecule has 6 nitrogen and oxygen atoms in total. The van der Waals surface area contributed by atoms with Crippen molar-refractivity contribution >= 4 is 21.7 Å². The molecule has 1 aliphatic heterocycles. The van der Waals surface area contributed by atoms with Crippen molar-refractivity contribution < 1.29 is 18.3 Å². The molecular weight excluding hydrogens is 292 g/mol. The lowest BCUT2D eigenvalue weighted by molar-refractivity contribution is -0.141. The van der Waals surface area contributed by atoms with Crippen LogP contribution in [-0.4, -0.2) is 51.0 Å². The van der Waals surface area contributed by atoms with E-state index in [1.54, 1.807) is 24.3 Å². The van der Waals surface area contributed by atoms with Gasteiger partial charge >= 0.3 is 5.97 Å². The summed E-state index contributed by atoms with van der Waals surface area (Å²) in [6.45, 7) is 1.26. The second-order valence-corrected chi connectivity index (χ2v) is 7.56. The molecule has 1 atom stereocenters. The average molecular weight is 312 g/mol. The smallest absolute Gasteiger partial charge is 0.308 e. The van der Waals surface area contributed by atoms with E-state index in [0.29, 0.717) is 13.0 Å². The number of aliphatic carboxylic acids is 1. The van der Waals surface area contributed by atoms with Crippen LogP contribution in [0, 0.1) is 5.92 Å². The van der Waals surface area contributed by atoms with Crippen molar-refractivity contribution in [1.82, 2.24) is 4.31 Å². The Hall–Kier alpha value is -1.60. The molecule has 1 heterocycles. The van der Waals surface area contributed by atoms with Crippen LogP contribution < -0.4 is 4.90 Å². The number of carbonyl (C=O) groups is 1. The van der Waals surface area contributed by atoms with Crippen LogP contribution >= 0.6 is 0 Å². The highest BCUT2D eigenvalue weighted by atomic mass is 32.2.